The molecule has 0 aromatic heterocycles. The molecule has 0 aromatic rings. The molecule has 0 saturated carbocycles. The van der Waals surface area contributed by atoms with Gasteiger partial charge in [-0.15, -0.1) is 0 Å². The van der Waals surface area contributed by atoms with E-state index in [0.717, 1.165) is 0 Å². The number of carboxylic acids is 1. The van der Waals surface area contributed by atoms with Crippen LogP contribution >= 0.6 is 0 Å². The molecule has 0 atom stereocenters. The average Bonchev–Trinajstić information content (AvgIpc) is 2.00. The first-order valence-corrected chi connectivity index (χ1v) is 4.36. The van der Waals surface area contributed by atoms with E-state index in [-0.39, 0.29) is 13.1 Å². The van der Waals surface area contributed by atoms with Crippen LogP contribution in [0.25, 0.3) is 0 Å². The number of likely N-dealkylation sites (tertiary alicyclic amines) is 1. The number of nitrogens with zero attached hydrogens (tertiary/aromatic N) is 1. The van der Waals surface area contributed by atoms with Crippen LogP contribution in [0.3, 0.4) is 0 Å². The third-order valence-electron chi connectivity index (χ3n) is 2.05. The number of aliphatic carboxylic acids is 1. The second kappa shape index (κ2) is 4.08. The molecule has 1 fully saturated rings. The van der Waals surface area contributed by atoms with Crippen LogP contribution in [0.4, 0.5) is 0 Å². The summed E-state index contributed by atoms with van der Waals surface area (Å²) in [5, 5.41) is 10.9. The lowest BCUT2D eigenvalue weighted by atomic mass is 10.0. The van der Waals surface area contributed by atoms with E-state index in [4.69, 9.17) is 5.11 Å². The standard InChI is InChI=1S/C8H12N2O4/c1-2-9-6(11)7(12)10-3-5(4-10)8(13)14/h5H,2-4H2,1H3,(H,9,11)(H,13,14). The van der Waals surface area contributed by atoms with Crippen LogP contribution in [0.1, 0.15) is 6.92 Å². The van der Waals surface area contributed by atoms with Crippen molar-refractivity contribution in [2.45, 2.75) is 6.92 Å². The number of rotatable bonds is 2. The monoisotopic (exact) mass is 200 g/mol. The van der Waals surface area contributed by atoms with Crippen molar-refractivity contribution in [3.05, 3.63) is 0 Å². The number of hydrogen-bond donors (Lipinski definition) is 2. The molecule has 14 heavy (non-hydrogen) atoms. The fourth-order valence-corrected chi connectivity index (χ4v) is 1.18. The van der Waals surface area contributed by atoms with E-state index in [1.165, 1.54) is 4.90 Å². The number of likely N-dealkylation sites (N-methyl/N-ethyl adjacent to an activating group) is 1. The van der Waals surface area contributed by atoms with Crippen molar-refractivity contribution in [2.24, 2.45) is 5.92 Å². The molecule has 1 aliphatic rings. The number of amides is 2. The van der Waals surface area contributed by atoms with Crippen LogP contribution in [0.5, 0.6) is 0 Å². The van der Waals surface area contributed by atoms with Gasteiger partial charge in [0, 0.05) is 19.6 Å². The van der Waals surface area contributed by atoms with Crippen molar-refractivity contribution in [1.82, 2.24) is 10.2 Å². The van der Waals surface area contributed by atoms with Gasteiger partial charge in [-0.25, -0.2) is 0 Å². The molecule has 0 radical (unpaired) electrons. The third kappa shape index (κ3) is 2.01. The molecule has 1 saturated heterocycles. The van der Waals surface area contributed by atoms with E-state index >= 15 is 0 Å². The zero-order chi connectivity index (χ0) is 10.7. The Balaban J connectivity index is 2.36. The minimum absolute atomic E-state index is 0.130. The number of nitrogens with one attached hydrogen (secondary N) is 1. The van der Waals surface area contributed by atoms with E-state index in [0.29, 0.717) is 6.54 Å². The lowest BCUT2D eigenvalue weighted by molar-refractivity contribution is -0.157. The van der Waals surface area contributed by atoms with Gasteiger partial charge in [-0.3, -0.25) is 14.4 Å². The maximum atomic E-state index is 11.2. The van der Waals surface area contributed by atoms with Gasteiger partial charge in [-0.1, -0.05) is 0 Å². The van der Waals surface area contributed by atoms with Gasteiger partial charge >= 0.3 is 17.8 Å². The van der Waals surface area contributed by atoms with Crippen molar-refractivity contribution in [2.75, 3.05) is 19.6 Å². The molecular weight excluding hydrogens is 188 g/mol. The maximum absolute atomic E-state index is 11.2. The van der Waals surface area contributed by atoms with Gasteiger partial charge < -0.3 is 15.3 Å². The van der Waals surface area contributed by atoms with Crippen LogP contribution in [-0.2, 0) is 14.4 Å². The highest BCUT2D eigenvalue weighted by atomic mass is 16.4. The Morgan fingerprint density at radius 2 is 2.00 bits per heavy atom. The number of carbonyl (C=O) groups is 3. The Hall–Kier alpha value is -1.59. The summed E-state index contributed by atoms with van der Waals surface area (Å²) in [4.78, 5) is 33.8. The summed E-state index contributed by atoms with van der Waals surface area (Å²) < 4.78 is 0. The summed E-state index contributed by atoms with van der Waals surface area (Å²) in [5.41, 5.74) is 0. The minimum Gasteiger partial charge on any atom is -0.481 e. The number of carboxylic acid groups (broad SMARTS) is 1. The summed E-state index contributed by atoms with van der Waals surface area (Å²) in [6.07, 6.45) is 0. The third-order valence-corrected chi connectivity index (χ3v) is 2.05. The summed E-state index contributed by atoms with van der Waals surface area (Å²) >= 11 is 0. The Morgan fingerprint density at radius 3 is 2.43 bits per heavy atom. The summed E-state index contributed by atoms with van der Waals surface area (Å²) in [7, 11) is 0. The van der Waals surface area contributed by atoms with E-state index in [9.17, 15) is 14.4 Å². The molecule has 1 rings (SSSR count). The highest BCUT2D eigenvalue weighted by molar-refractivity contribution is 6.35. The normalized spacial score (nSPS) is 15.9. The molecule has 2 amide bonds. The van der Waals surface area contributed by atoms with E-state index in [1.54, 1.807) is 6.92 Å². The van der Waals surface area contributed by atoms with E-state index < -0.39 is 23.7 Å². The second-order valence-electron chi connectivity index (χ2n) is 3.10. The molecular formula is C8H12N2O4. The minimum atomic E-state index is -0.926. The molecule has 1 aliphatic heterocycles. The molecule has 0 unspecified atom stereocenters. The average molecular weight is 200 g/mol. The Kier molecular flexibility index (Phi) is 3.06. The van der Waals surface area contributed by atoms with Gasteiger partial charge in [0.15, 0.2) is 0 Å². The van der Waals surface area contributed by atoms with Crippen molar-refractivity contribution in [3.8, 4) is 0 Å². The topological polar surface area (TPSA) is 86.7 Å². The SMILES string of the molecule is CCNC(=O)C(=O)N1CC(C(=O)O)C1. The molecule has 2 N–H and O–H groups in total. The fourth-order valence-electron chi connectivity index (χ4n) is 1.18. The van der Waals surface area contributed by atoms with Gasteiger partial charge in [0.2, 0.25) is 0 Å². The molecule has 1 heterocycles. The highest BCUT2D eigenvalue weighted by Gasteiger charge is 2.37. The Bertz CT molecular complexity index is 271. The summed E-state index contributed by atoms with van der Waals surface area (Å²) in [6.45, 7) is 2.36. The number of hydrogen-bond acceptors (Lipinski definition) is 3. The Morgan fingerprint density at radius 1 is 1.43 bits per heavy atom. The summed E-state index contributed by atoms with van der Waals surface area (Å²) in [5.74, 6) is -2.76. The maximum Gasteiger partial charge on any atom is 0.311 e. The van der Waals surface area contributed by atoms with Crippen LogP contribution in [0.15, 0.2) is 0 Å². The van der Waals surface area contributed by atoms with Gasteiger partial charge in [0.1, 0.15) is 0 Å². The smallest absolute Gasteiger partial charge is 0.311 e. The van der Waals surface area contributed by atoms with Crippen molar-refractivity contribution in [3.63, 3.8) is 0 Å². The van der Waals surface area contributed by atoms with Crippen LogP contribution in [0.2, 0.25) is 0 Å². The second-order valence-corrected chi connectivity index (χ2v) is 3.10. The molecule has 6 heteroatoms. The van der Waals surface area contributed by atoms with Gasteiger partial charge in [0.05, 0.1) is 5.92 Å². The van der Waals surface area contributed by atoms with Gasteiger partial charge in [-0.2, -0.15) is 0 Å². The van der Waals surface area contributed by atoms with Crippen LogP contribution in [-0.4, -0.2) is 47.4 Å². The van der Waals surface area contributed by atoms with Gasteiger partial charge in [0.25, 0.3) is 0 Å². The fraction of sp³-hybridized carbons (Fsp3) is 0.625. The predicted octanol–water partition coefficient (Wildman–Crippen LogP) is -1.33. The van der Waals surface area contributed by atoms with Crippen molar-refractivity contribution < 1.29 is 19.5 Å². The largest absolute Gasteiger partial charge is 0.481 e. The number of carbonyl (C=O) groups excluding carboxylic acids is 2. The lowest BCUT2D eigenvalue weighted by Gasteiger charge is -2.35. The van der Waals surface area contributed by atoms with Crippen molar-refractivity contribution >= 4 is 17.8 Å². The lowest BCUT2D eigenvalue weighted by Crippen LogP contribution is -2.56. The van der Waals surface area contributed by atoms with Gasteiger partial charge in [-0.05, 0) is 6.92 Å². The molecule has 78 valence electrons. The first-order chi connectivity index (χ1) is 6.56. The zero-order valence-electron chi connectivity index (χ0n) is 7.82. The highest BCUT2D eigenvalue weighted by Crippen LogP contribution is 2.15. The van der Waals surface area contributed by atoms with E-state index in [2.05, 4.69) is 5.32 Å². The molecule has 6 nitrogen and oxygen atoms in total. The molecule has 0 aromatic carbocycles. The van der Waals surface area contributed by atoms with Crippen LogP contribution in [0, 0.1) is 5.92 Å². The Labute approximate surface area is 80.9 Å². The first-order valence-electron chi connectivity index (χ1n) is 4.36. The van der Waals surface area contributed by atoms with E-state index in [1.807, 2.05) is 0 Å². The molecule has 0 bridgehead atoms. The summed E-state index contributed by atoms with van der Waals surface area (Å²) in [6, 6.07) is 0. The van der Waals surface area contributed by atoms with Crippen molar-refractivity contribution in [1.29, 1.82) is 0 Å². The first kappa shape index (κ1) is 10.5. The zero-order valence-corrected chi connectivity index (χ0v) is 7.82. The van der Waals surface area contributed by atoms with Crippen LogP contribution < -0.4 is 5.32 Å². The quantitative estimate of drug-likeness (QED) is 0.540. The molecule has 0 spiro atoms. The predicted molar refractivity (Wildman–Crippen MR) is 46.4 cm³/mol. The molecule has 0 aliphatic carbocycles.